The maximum absolute atomic E-state index is 13.5. The van der Waals surface area contributed by atoms with Gasteiger partial charge in [-0.1, -0.05) is 50.2 Å². The molecule has 42 heavy (non-hydrogen) atoms. The minimum Gasteiger partial charge on any atom is -0.389 e. The van der Waals surface area contributed by atoms with Crippen LogP contribution in [0.1, 0.15) is 56.6 Å². The fourth-order valence-electron chi connectivity index (χ4n) is 4.54. The van der Waals surface area contributed by atoms with Crippen molar-refractivity contribution in [2.75, 3.05) is 25.5 Å². The summed E-state index contributed by atoms with van der Waals surface area (Å²) in [6.45, 7) is 4.88. The second kappa shape index (κ2) is 14.5. The number of amides is 2. The second-order valence-corrected chi connectivity index (χ2v) is 12.4. The van der Waals surface area contributed by atoms with Gasteiger partial charge in [0.1, 0.15) is 9.61 Å². The van der Waals surface area contributed by atoms with E-state index in [2.05, 4.69) is 51.1 Å². The highest BCUT2D eigenvalue weighted by molar-refractivity contribution is 9.10. The Bertz CT molecular complexity index is 1500. The average Bonchev–Trinajstić information content (AvgIpc) is 3.40. The van der Waals surface area contributed by atoms with Crippen molar-refractivity contribution in [3.8, 4) is 0 Å². The summed E-state index contributed by atoms with van der Waals surface area (Å²) in [6, 6.07) is 17.9. The molecule has 0 aliphatic carbocycles. The number of hydrogen-bond donors (Lipinski definition) is 2. The van der Waals surface area contributed by atoms with E-state index in [9.17, 15) is 14.7 Å². The van der Waals surface area contributed by atoms with Crippen molar-refractivity contribution >= 4 is 44.8 Å². The van der Waals surface area contributed by atoms with Gasteiger partial charge in [0.15, 0.2) is 0 Å². The summed E-state index contributed by atoms with van der Waals surface area (Å²) in [4.78, 5) is 38.9. The minimum atomic E-state index is -0.879. The molecule has 2 atom stereocenters. The van der Waals surface area contributed by atoms with Gasteiger partial charge in [0.05, 0.1) is 30.6 Å². The molecule has 0 radical (unpaired) electrons. The molecule has 0 saturated carbocycles. The summed E-state index contributed by atoms with van der Waals surface area (Å²) in [7, 11) is 3.61. The molecule has 0 bridgehead atoms. The van der Waals surface area contributed by atoms with Gasteiger partial charge in [-0.25, -0.2) is 4.98 Å². The minimum absolute atomic E-state index is 0.212. The first-order valence-corrected chi connectivity index (χ1v) is 15.4. The average molecular weight is 651 g/mol. The van der Waals surface area contributed by atoms with Crippen LogP contribution in [-0.4, -0.2) is 64.6 Å². The Hall–Kier alpha value is -3.60. The Morgan fingerprint density at radius 2 is 1.76 bits per heavy atom. The lowest BCUT2D eigenvalue weighted by Crippen LogP contribution is -2.49. The summed E-state index contributed by atoms with van der Waals surface area (Å²) in [5.41, 5.74) is 3.75. The third-order valence-corrected chi connectivity index (χ3v) is 8.55. The van der Waals surface area contributed by atoms with Crippen molar-refractivity contribution in [2.45, 2.75) is 44.9 Å². The number of aliphatic hydroxyl groups excluding tert-OH is 1. The van der Waals surface area contributed by atoms with Crippen molar-refractivity contribution in [3.05, 3.63) is 110 Å². The van der Waals surface area contributed by atoms with E-state index >= 15 is 0 Å². The Morgan fingerprint density at radius 3 is 2.45 bits per heavy atom. The molecule has 0 aliphatic heterocycles. The maximum Gasteiger partial charge on any atom is 0.253 e. The molecular weight excluding hydrogens is 614 g/mol. The van der Waals surface area contributed by atoms with Gasteiger partial charge in [0.25, 0.3) is 11.8 Å². The van der Waals surface area contributed by atoms with Crippen LogP contribution in [0.3, 0.4) is 0 Å². The SMILES string of the molecule is CC(C)c1cncc(N(C)C[C@@H](O)[C@H](Cc2ccccc2)NC(=O)c2cccc(C(=O)N(C)Cc3nc(Br)cs3)c2)c1. The molecule has 2 aromatic heterocycles. The highest BCUT2D eigenvalue weighted by Crippen LogP contribution is 2.21. The molecule has 2 amide bonds. The van der Waals surface area contributed by atoms with Gasteiger partial charge in [0.2, 0.25) is 0 Å². The fraction of sp³-hybridized carbons (Fsp3) is 0.312. The lowest BCUT2D eigenvalue weighted by Gasteiger charge is -2.29. The summed E-state index contributed by atoms with van der Waals surface area (Å²) < 4.78 is 0.737. The Labute approximate surface area is 259 Å². The van der Waals surface area contributed by atoms with Crippen molar-refractivity contribution in [3.63, 3.8) is 0 Å². The predicted octanol–water partition coefficient (Wildman–Crippen LogP) is 5.53. The van der Waals surface area contributed by atoms with Gasteiger partial charge in [-0.3, -0.25) is 14.6 Å². The summed E-state index contributed by atoms with van der Waals surface area (Å²) in [5.74, 6) is -0.240. The molecule has 10 heteroatoms. The fourth-order valence-corrected chi connectivity index (χ4v) is 5.85. The molecule has 4 rings (SSSR count). The number of aromatic nitrogens is 2. The lowest BCUT2D eigenvalue weighted by atomic mass is 9.99. The largest absolute Gasteiger partial charge is 0.389 e. The Kier molecular flexibility index (Phi) is 10.8. The number of halogens is 1. The van der Waals surface area contributed by atoms with Crippen LogP contribution in [0.2, 0.25) is 0 Å². The quantitative estimate of drug-likeness (QED) is 0.209. The topological polar surface area (TPSA) is 98.7 Å². The van der Waals surface area contributed by atoms with E-state index in [-0.39, 0.29) is 18.4 Å². The van der Waals surface area contributed by atoms with Crippen molar-refractivity contribution in [1.82, 2.24) is 20.2 Å². The van der Waals surface area contributed by atoms with Gasteiger partial charge >= 0.3 is 0 Å². The van der Waals surface area contributed by atoms with E-state index < -0.39 is 12.1 Å². The van der Waals surface area contributed by atoms with Crippen LogP contribution < -0.4 is 10.2 Å². The number of nitrogens with one attached hydrogen (secondary N) is 1. The number of carbonyl (C=O) groups excluding carboxylic acids is 2. The van der Waals surface area contributed by atoms with Gasteiger partial charge in [0, 0.05) is 43.3 Å². The van der Waals surface area contributed by atoms with E-state index in [0.717, 1.165) is 26.4 Å². The number of rotatable bonds is 12. The molecule has 0 unspecified atom stereocenters. The highest BCUT2D eigenvalue weighted by Gasteiger charge is 2.25. The normalized spacial score (nSPS) is 12.5. The molecular formula is C32H36BrN5O3S. The molecule has 0 spiro atoms. The summed E-state index contributed by atoms with van der Waals surface area (Å²) in [5, 5.41) is 17.1. The van der Waals surface area contributed by atoms with Crippen molar-refractivity contribution < 1.29 is 14.7 Å². The van der Waals surface area contributed by atoms with E-state index in [4.69, 9.17) is 0 Å². The molecule has 0 fully saturated rings. The van der Waals surface area contributed by atoms with Crippen LogP contribution in [0.5, 0.6) is 0 Å². The van der Waals surface area contributed by atoms with Gasteiger partial charge in [-0.15, -0.1) is 11.3 Å². The van der Waals surface area contributed by atoms with Gasteiger partial charge in [-0.2, -0.15) is 0 Å². The number of thiazole rings is 1. The number of benzene rings is 2. The standard InChI is InChI=1S/C32H36BrN5O3S/c1-21(2)25-15-26(17-34-16-25)37(3)18-28(39)27(13-22-9-6-5-7-10-22)35-31(40)23-11-8-12-24(14-23)32(41)38(4)19-30-36-29(33)20-42-30/h5-12,14-17,20-21,27-28,39H,13,18-19H2,1-4H3,(H,35,40)/t27-,28+/m0/s1. The smallest absolute Gasteiger partial charge is 0.253 e. The Balaban J connectivity index is 1.49. The van der Waals surface area contributed by atoms with Gasteiger partial charge < -0.3 is 20.2 Å². The lowest BCUT2D eigenvalue weighted by molar-refractivity contribution is 0.0785. The summed E-state index contributed by atoms with van der Waals surface area (Å²) >= 11 is 4.81. The van der Waals surface area contributed by atoms with E-state index in [1.54, 1.807) is 42.4 Å². The number of aliphatic hydroxyl groups is 1. The zero-order valence-corrected chi connectivity index (χ0v) is 26.6. The first-order valence-electron chi connectivity index (χ1n) is 13.7. The molecule has 2 heterocycles. The molecule has 0 aliphatic rings. The molecule has 8 nitrogen and oxygen atoms in total. The molecule has 2 N–H and O–H groups in total. The third kappa shape index (κ3) is 8.47. The van der Waals surface area contributed by atoms with Crippen LogP contribution >= 0.6 is 27.3 Å². The van der Waals surface area contributed by atoms with Gasteiger partial charge in [-0.05, 0) is 63.7 Å². The number of anilines is 1. The summed E-state index contributed by atoms with van der Waals surface area (Å²) in [6.07, 6.45) is 3.19. The number of pyridine rings is 1. The van der Waals surface area contributed by atoms with Crippen LogP contribution in [-0.2, 0) is 13.0 Å². The molecule has 4 aromatic rings. The monoisotopic (exact) mass is 649 g/mol. The Morgan fingerprint density at radius 1 is 1.02 bits per heavy atom. The second-order valence-electron chi connectivity index (χ2n) is 10.7. The number of hydrogen-bond acceptors (Lipinski definition) is 7. The molecule has 2 aromatic carbocycles. The van der Waals surface area contributed by atoms with Crippen LogP contribution in [0.25, 0.3) is 0 Å². The molecule has 0 saturated heterocycles. The van der Waals surface area contributed by atoms with E-state index in [1.807, 2.05) is 53.9 Å². The first-order chi connectivity index (χ1) is 20.1. The van der Waals surface area contributed by atoms with Crippen LogP contribution in [0.15, 0.2) is 83.0 Å². The van der Waals surface area contributed by atoms with Crippen LogP contribution in [0.4, 0.5) is 5.69 Å². The first kappa shape index (κ1) is 31.3. The van der Waals surface area contributed by atoms with Crippen molar-refractivity contribution in [1.29, 1.82) is 0 Å². The zero-order valence-electron chi connectivity index (χ0n) is 24.2. The predicted molar refractivity (Wildman–Crippen MR) is 171 cm³/mol. The maximum atomic E-state index is 13.5. The number of likely N-dealkylation sites (N-methyl/N-ethyl adjacent to an activating group) is 1. The van der Waals surface area contributed by atoms with Crippen molar-refractivity contribution in [2.24, 2.45) is 0 Å². The van der Waals surface area contributed by atoms with Crippen LogP contribution in [0, 0.1) is 0 Å². The zero-order chi connectivity index (χ0) is 30.2. The molecule has 220 valence electrons. The van der Waals surface area contributed by atoms with E-state index in [0.29, 0.717) is 30.0 Å². The number of carbonyl (C=O) groups is 2. The number of nitrogens with zero attached hydrogens (tertiary/aromatic N) is 4. The highest BCUT2D eigenvalue weighted by atomic mass is 79.9. The third-order valence-electron chi connectivity index (χ3n) is 7.01. The van der Waals surface area contributed by atoms with E-state index in [1.165, 1.54) is 11.3 Å².